The van der Waals surface area contributed by atoms with Crippen molar-refractivity contribution in [3.63, 3.8) is 0 Å². The molecule has 2 heterocycles. The number of esters is 1. The molecular formula is C12H20N4O3. The Hall–Kier alpha value is -1.47. The Morgan fingerprint density at radius 3 is 3.00 bits per heavy atom. The van der Waals surface area contributed by atoms with Crippen molar-refractivity contribution in [3.05, 3.63) is 11.9 Å². The summed E-state index contributed by atoms with van der Waals surface area (Å²) in [7, 11) is 0. The van der Waals surface area contributed by atoms with Crippen molar-refractivity contribution in [2.75, 3.05) is 32.9 Å². The number of nitrogens with zero attached hydrogens (tertiary/aromatic N) is 3. The maximum atomic E-state index is 11.7. The summed E-state index contributed by atoms with van der Waals surface area (Å²) in [5.74, 6) is -0.447. The summed E-state index contributed by atoms with van der Waals surface area (Å²) in [6, 6.07) is 0.298. The third-order valence-corrected chi connectivity index (χ3v) is 2.96. The molecule has 0 atom stereocenters. The van der Waals surface area contributed by atoms with Gasteiger partial charge in [-0.2, -0.15) is 0 Å². The molecule has 0 spiro atoms. The summed E-state index contributed by atoms with van der Waals surface area (Å²) < 4.78 is 12.1. The molecule has 1 aliphatic rings. The summed E-state index contributed by atoms with van der Waals surface area (Å²) in [6.07, 6.45) is 3.75. The average molecular weight is 268 g/mol. The summed E-state index contributed by atoms with van der Waals surface area (Å²) >= 11 is 0. The molecule has 0 saturated carbocycles. The van der Waals surface area contributed by atoms with Crippen LogP contribution >= 0.6 is 0 Å². The molecular weight excluding hydrogens is 248 g/mol. The molecule has 19 heavy (non-hydrogen) atoms. The normalized spacial score (nSPS) is 15.2. The molecule has 0 amide bonds. The van der Waals surface area contributed by atoms with Gasteiger partial charge in [0.1, 0.15) is 6.61 Å². The summed E-state index contributed by atoms with van der Waals surface area (Å²) in [4.78, 5) is 11.7. The molecule has 7 heteroatoms. The van der Waals surface area contributed by atoms with Crippen LogP contribution in [0.15, 0.2) is 6.20 Å². The van der Waals surface area contributed by atoms with E-state index in [9.17, 15) is 4.79 Å². The first-order chi connectivity index (χ1) is 9.31. The van der Waals surface area contributed by atoms with Crippen molar-refractivity contribution in [3.8, 4) is 0 Å². The lowest BCUT2D eigenvalue weighted by Crippen LogP contribution is -2.43. The van der Waals surface area contributed by atoms with Crippen LogP contribution in [0.25, 0.3) is 0 Å². The highest BCUT2D eigenvalue weighted by Crippen LogP contribution is 2.10. The van der Waals surface area contributed by atoms with E-state index in [1.807, 2.05) is 0 Å². The third kappa shape index (κ3) is 4.00. The molecule has 0 bridgehead atoms. The highest BCUT2D eigenvalue weighted by Gasteiger charge is 2.22. The SMILES string of the molecule is CCCCOCCOC(=O)c1cn(C2CNC2)nn1. The van der Waals surface area contributed by atoms with Gasteiger partial charge in [0.2, 0.25) is 0 Å². The van der Waals surface area contributed by atoms with Crippen LogP contribution in [0.4, 0.5) is 0 Å². The van der Waals surface area contributed by atoms with Gasteiger partial charge in [0, 0.05) is 19.7 Å². The van der Waals surface area contributed by atoms with Crippen molar-refractivity contribution >= 4 is 5.97 Å². The minimum atomic E-state index is -0.447. The maximum Gasteiger partial charge on any atom is 0.360 e. The number of hydrogen-bond donors (Lipinski definition) is 1. The monoisotopic (exact) mass is 268 g/mol. The topological polar surface area (TPSA) is 78.3 Å². The van der Waals surface area contributed by atoms with Crippen molar-refractivity contribution in [2.45, 2.75) is 25.8 Å². The second-order valence-electron chi connectivity index (χ2n) is 4.50. The predicted octanol–water partition coefficient (Wildman–Crippen LogP) is 0.396. The molecule has 1 fully saturated rings. The number of nitrogens with one attached hydrogen (secondary N) is 1. The molecule has 1 N–H and O–H groups in total. The van der Waals surface area contributed by atoms with Crippen LogP contribution in [-0.2, 0) is 9.47 Å². The zero-order valence-corrected chi connectivity index (χ0v) is 11.2. The fourth-order valence-corrected chi connectivity index (χ4v) is 1.62. The Balaban J connectivity index is 1.66. The van der Waals surface area contributed by atoms with E-state index in [1.165, 1.54) is 0 Å². The van der Waals surface area contributed by atoms with Crippen molar-refractivity contribution < 1.29 is 14.3 Å². The molecule has 2 rings (SSSR count). The Labute approximate surface area is 112 Å². The Morgan fingerprint density at radius 1 is 1.47 bits per heavy atom. The van der Waals surface area contributed by atoms with Crippen LogP contribution in [0.3, 0.4) is 0 Å². The van der Waals surface area contributed by atoms with Gasteiger partial charge in [0.25, 0.3) is 0 Å². The van der Waals surface area contributed by atoms with Gasteiger partial charge in [-0.05, 0) is 6.42 Å². The van der Waals surface area contributed by atoms with Gasteiger partial charge >= 0.3 is 5.97 Å². The van der Waals surface area contributed by atoms with Gasteiger partial charge < -0.3 is 14.8 Å². The zero-order valence-electron chi connectivity index (χ0n) is 11.2. The van der Waals surface area contributed by atoms with Gasteiger partial charge in [-0.25, -0.2) is 9.48 Å². The van der Waals surface area contributed by atoms with Gasteiger partial charge in [-0.15, -0.1) is 5.10 Å². The van der Waals surface area contributed by atoms with Crippen molar-refractivity contribution in [1.29, 1.82) is 0 Å². The number of unbranched alkanes of at least 4 members (excludes halogenated alkanes) is 1. The van der Waals surface area contributed by atoms with Crippen LogP contribution in [0, 0.1) is 0 Å². The van der Waals surface area contributed by atoms with E-state index in [0.717, 1.165) is 25.9 Å². The molecule has 0 unspecified atom stereocenters. The van der Waals surface area contributed by atoms with Gasteiger partial charge in [-0.3, -0.25) is 0 Å². The molecule has 0 aliphatic carbocycles. The second-order valence-corrected chi connectivity index (χ2v) is 4.50. The average Bonchev–Trinajstić information content (AvgIpc) is 2.80. The minimum Gasteiger partial charge on any atom is -0.458 e. The minimum absolute atomic E-state index is 0.250. The molecule has 1 aromatic rings. The number of carbonyl (C=O) groups is 1. The summed E-state index contributed by atoms with van der Waals surface area (Å²) in [5, 5.41) is 10.9. The smallest absolute Gasteiger partial charge is 0.360 e. The van der Waals surface area contributed by atoms with Crippen LogP contribution in [0.2, 0.25) is 0 Å². The Kier molecular flexibility index (Phi) is 5.29. The van der Waals surface area contributed by atoms with E-state index in [1.54, 1.807) is 10.9 Å². The first-order valence-electron chi connectivity index (χ1n) is 6.68. The number of ether oxygens (including phenoxy) is 2. The number of rotatable bonds is 8. The summed E-state index contributed by atoms with van der Waals surface area (Å²) in [5.41, 5.74) is 0.250. The third-order valence-electron chi connectivity index (χ3n) is 2.96. The van der Waals surface area contributed by atoms with Crippen LogP contribution < -0.4 is 5.32 Å². The molecule has 1 aliphatic heterocycles. The van der Waals surface area contributed by atoms with E-state index in [2.05, 4.69) is 22.6 Å². The zero-order chi connectivity index (χ0) is 13.5. The Morgan fingerprint density at radius 2 is 2.32 bits per heavy atom. The highest BCUT2D eigenvalue weighted by molar-refractivity contribution is 5.86. The number of aromatic nitrogens is 3. The van der Waals surface area contributed by atoms with Crippen LogP contribution in [0.1, 0.15) is 36.3 Å². The molecule has 0 radical (unpaired) electrons. The summed E-state index contributed by atoms with van der Waals surface area (Å²) in [6.45, 7) is 5.21. The van der Waals surface area contributed by atoms with E-state index in [4.69, 9.17) is 9.47 Å². The standard InChI is InChI=1S/C12H20N4O3/c1-2-3-4-18-5-6-19-12(17)11-9-16(15-14-11)10-7-13-8-10/h9-10,13H,2-8H2,1H3. The highest BCUT2D eigenvalue weighted by atomic mass is 16.6. The van der Waals surface area contributed by atoms with Crippen LogP contribution in [0.5, 0.6) is 0 Å². The molecule has 7 nitrogen and oxygen atoms in total. The lowest BCUT2D eigenvalue weighted by molar-refractivity contribution is 0.0308. The van der Waals surface area contributed by atoms with Crippen molar-refractivity contribution in [1.82, 2.24) is 20.3 Å². The van der Waals surface area contributed by atoms with Crippen LogP contribution in [-0.4, -0.2) is 53.9 Å². The fraction of sp³-hybridized carbons (Fsp3) is 0.750. The first-order valence-corrected chi connectivity index (χ1v) is 6.68. The van der Waals surface area contributed by atoms with Gasteiger partial charge in [0.05, 0.1) is 18.8 Å². The predicted molar refractivity (Wildman–Crippen MR) is 67.9 cm³/mol. The largest absolute Gasteiger partial charge is 0.458 e. The van der Waals surface area contributed by atoms with Gasteiger partial charge in [-0.1, -0.05) is 18.6 Å². The van der Waals surface area contributed by atoms with E-state index in [-0.39, 0.29) is 12.3 Å². The van der Waals surface area contributed by atoms with E-state index in [0.29, 0.717) is 19.3 Å². The molecule has 1 saturated heterocycles. The lowest BCUT2D eigenvalue weighted by atomic mass is 10.2. The van der Waals surface area contributed by atoms with Gasteiger partial charge in [0.15, 0.2) is 5.69 Å². The fourth-order valence-electron chi connectivity index (χ4n) is 1.62. The molecule has 1 aromatic heterocycles. The lowest BCUT2D eigenvalue weighted by Gasteiger charge is -2.26. The van der Waals surface area contributed by atoms with Crippen molar-refractivity contribution in [2.24, 2.45) is 0 Å². The first kappa shape index (κ1) is 14.0. The number of carbonyl (C=O) groups excluding carboxylic acids is 1. The second kappa shape index (κ2) is 7.20. The van der Waals surface area contributed by atoms with E-state index >= 15 is 0 Å². The quantitative estimate of drug-likeness (QED) is 0.543. The number of hydrogen-bond acceptors (Lipinski definition) is 6. The van der Waals surface area contributed by atoms with E-state index < -0.39 is 5.97 Å². The molecule has 0 aromatic carbocycles. The Bertz CT molecular complexity index is 403. The maximum absolute atomic E-state index is 11.7. The molecule has 106 valence electrons.